The molecule has 9 heteroatoms. The minimum absolute atomic E-state index is 0.171. The van der Waals surface area contributed by atoms with Crippen LogP contribution in [0.25, 0.3) is 10.9 Å². The molecule has 3 heterocycles. The average Bonchev–Trinajstić information content (AvgIpc) is 3.30. The summed E-state index contributed by atoms with van der Waals surface area (Å²) >= 11 is 6.51. The highest BCUT2D eigenvalue weighted by molar-refractivity contribution is 6.33. The number of fused-ring (bicyclic) bond motifs is 1. The molecular formula is C23H25ClN8. The Hall–Kier alpha value is -3.36. The molecule has 1 aliphatic heterocycles. The second-order valence-electron chi connectivity index (χ2n) is 7.81. The number of anilines is 5. The fourth-order valence-electron chi connectivity index (χ4n) is 4.13. The van der Waals surface area contributed by atoms with Gasteiger partial charge in [-0.2, -0.15) is 10.1 Å². The Labute approximate surface area is 191 Å². The monoisotopic (exact) mass is 448 g/mol. The number of hydrogen-bond acceptors (Lipinski definition) is 7. The van der Waals surface area contributed by atoms with Gasteiger partial charge in [0.15, 0.2) is 5.82 Å². The first-order valence-electron chi connectivity index (χ1n) is 10.7. The number of halogens is 1. The van der Waals surface area contributed by atoms with Gasteiger partial charge in [0.05, 0.1) is 17.9 Å². The van der Waals surface area contributed by atoms with E-state index in [2.05, 4.69) is 61.2 Å². The lowest BCUT2D eigenvalue weighted by Crippen LogP contribution is -2.46. The second kappa shape index (κ2) is 8.64. The van der Waals surface area contributed by atoms with Crippen molar-refractivity contribution in [2.45, 2.75) is 6.92 Å². The highest BCUT2D eigenvalue weighted by Gasteiger charge is 2.20. The third-order valence-corrected chi connectivity index (χ3v) is 6.20. The van der Waals surface area contributed by atoms with Gasteiger partial charge in [0.1, 0.15) is 5.02 Å². The van der Waals surface area contributed by atoms with Gasteiger partial charge in [0.2, 0.25) is 5.95 Å². The maximum absolute atomic E-state index is 6.51. The Kier molecular flexibility index (Phi) is 5.55. The maximum Gasteiger partial charge on any atom is 0.222 e. The van der Waals surface area contributed by atoms with Crippen molar-refractivity contribution in [2.24, 2.45) is 0 Å². The second-order valence-corrected chi connectivity index (χ2v) is 8.22. The topological polar surface area (TPSA) is 90.2 Å². The number of piperazine rings is 1. The van der Waals surface area contributed by atoms with Crippen LogP contribution in [-0.2, 0) is 0 Å². The first-order valence-corrected chi connectivity index (χ1v) is 11.1. The van der Waals surface area contributed by atoms with Crippen molar-refractivity contribution in [1.82, 2.24) is 25.1 Å². The van der Waals surface area contributed by atoms with E-state index in [1.165, 1.54) is 11.9 Å². The number of rotatable bonds is 5. The number of aromatic amines is 1. The molecule has 1 saturated heterocycles. The third kappa shape index (κ3) is 3.94. The quantitative estimate of drug-likeness (QED) is 0.472. The molecule has 2 aromatic heterocycles. The molecule has 1 fully saturated rings. The molecule has 0 radical (unpaired) electrons. The molecule has 5 rings (SSSR count). The summed E-state index contributed by atoms with van der Waals surface area (Å²) in [5, 5.41) is 8.54. The highest BCUT2D eigenvalue weighted by atomic mass is 35.5. The molecule has 0 bridgehead atoms. The van der Waals surface area contributed by atoms with Crippen LogP contribution >= 0.6 is 11.6 Å². The smallest absolute Gasteiger partial charge is 0.222 e. The standard InChI is InChI=1S/C23H25ClN8/c1-2-30-9-11-31(12-10-30)17-3-5-18(6-4-17)32(22-20(24)15-26-23(25)28-22)19-7-8-21-16(13-19)14-27-29-21/h3-8,13-15H,2,9-12H2,1H3,(H,27,29)(H2,25,26,28). The molecule has 3 N–H and O–H groups in total. The van der Waals surface area contributed by atoms with E-state index in [-0.39, 0.29) is 5.95 Å². The molecule has 0 amide bonds. The fraction of sp³-hybridized carbons (Fsp3) is 0.261. The Morgan fingerprint density at radius 2 is 1.78 bits per heavy atom. The maximum atomic E-state index is 6.51. The van der Waals surface area contributed by atoms with Gasteiger partial charge in [-0.3, -0.25) is 10.00 Å². The van der Waals surface area contributed by atoms with Gasteiger partial charge < -0.3 is 15.5 Å². The van der Waals surface area contributed by atoms with E-state index >= 15 is 0 Å². The van der Waals surface area contributed by atoms with Crippen LogP contribution in [0.2, 0.25) is 5.02 Å². The molecule has 0 saturated carbocycles. The van der Waals surface area contributed by atoms with E-state index in [1.807, 2.05) is 23.1 Å². The molecule has 0 aliphatic carbocycles. The van der Waals surface area contributed by atoms with Crippen LogP contribution in [0.3, 0.4) is 0 Å². The van der Waals surface area contributed by atoms with Crippen molar-refractivity contribution in [3.8, 4) is 0 Å². The lowest BCUT2D eigenvalue weighted by Gasteiger charge is -2.35. The van der Waals surface area contributed by atoms with E-state index in [9.17, 15) is 0 Å². The predicted octanol–water partition coefficient (Wildman–Crippen LogP) is 4.20. The molecule has 2 aromatic carbocycles. The Morgan fingerprint density at radius 1 is 1.03 bits per heavy atom. The molecule has 0 atom stereocenters. The summed E-state index contributed by atoms with van der Waals surface area (Å²) < 4.78 is 0. The molecule has 164 valence electrons. The number of benzene rings is 2. The van der Waals surface area contributed by atoms with Crippen LogP contribution < -0.4 is 15.5 Å². The van der Waals surface area contributed by atoms with Crippen LogP contribution in [0.4, 0.5) is 28.8 Å². The van der Waals surface area contributed by atoms with Crippen molar-refractivity contribution >= 4 is 51.3 Å². The van der Waals surface area contributed by atoms with Crippen molar-refractivity contribution in [2.75, 3.05) is 48.3 Å². The number of H-pyrrole nitrogens is 1. The molecule has 0 spiro atoms. The highest BCUT2D eigenvalue weighted by Crippen LogP contribution is 2.39. The zero-order chi connectivity index (χ0) is 22.1. The van der Waals surface area contributed by atoms with E-state index in [4.69, 9.17) is 17.3 Å². The zero-order valence-electron chi connectivity index (χ0n) is 17.9. The number of nitrogen functional groups attached to an aromatic ring is 1. The third-order valence-electron chi connectivity index (χ3n) is 5.93. The van der Waals surface area contributed by atoms with E-state index in [0.717, 1.165) is 55.0 Å². The largest absolute Gasteiger partial charge is 0.369 e. The number of nitrogens with one attached hydrogen (secondary N) is 1. The minimum Gasteiger partial charge on any atom is -0.369 e. The molecular weight excluding hydrogens is 424 g/mol. The lowest BCUT2D eigenvalue weighted by molar-refractivity contribution is 0.271. The molecule has 1 aliphatic rings. The summed E-state index contributed by atoms with van der Waals surface area (Å²) in [5.41, 5.74) is 9.92. The Balaban J connectivity index is 1.52. The molecule has 0 unspecified atom stereocenters. The molecule has 32 heavy (non-hydrogen) atoms. The van der Waals surface area contributed by atoms with Crippen LogP contribution in [0, 0.1) is 0 Å². The van der Waals surface area contributed by atoms with Gasteiger partial charge in [-0.05, 0) is 49.0 Å². The van der Waals surface area contributed by atoms with Crippen LogP contribution in [0.5, 0.6) is 0 Å². The van der Waals surface area contributed by atoms with Gasteiger partial charge in [0, 0.05) is 48.6 Å². The number of nitrogens with two attached hydrogens (primary N) is 1. The summed E-state index contributed by atoms with van der Waals surface area (Å²) in [6.07, 6.45) is 3.33. The van der Waals surface area contributed by atoms with Crippen molar-refractivity contribution in [3.05, 3.63) is 59.9 Å². The number of nitrogens with zero attached hydrogens (tertiary/aromatic N) is 6. The van der Waals surface area contributed by atoms with Gasteiger partial charge >= 0.3 is 0 Å². The summed E-state index contributed by atoms with van der Waals surface area (Å²) in [6, 6.07) is 14.5. The van der Waals surface area contributed by atoms with Crippen LogP contribution in [0.15, 0.2) is 54.9 Å². The first-order chi connectivity index (χ1) is 15.6. The van der Waals surface area contributed by atoms with E-state index < -0.39 is 0 Å². The zero-order valence-corrected chi connectivity index (χ0v) is 18.6. The summed E-state index contributed by atoms with van der Waals surface area (Å²) in [6.45, 7) is 7.55. The lowest BCUT2D eigenvalue weighted by atomic mass is 10.1. The van der Waals surface area contributed by atoms with E-state index in [0.29, 0.717) is 10.8 Å². The Bertz CT molecular complexity index is 1210. The predicted molar refractivity (Wildman–Crippen MR) is 130 cm³/mol. The van der Waals surface area contributed by atoms with Gasteiger partial charge in [-0.1, -0.05) is 18.5 Å². The van der Waals surface area contributed by atoms with Crippen molar-refractivity contribution in [1.29, 1.82) is 0 Å². The number of hydrogen-bond donors (Lipinski definition) is 2. The SMILES string of the molecule is CCN1CCN(c2ccc(N(c3ccc4[nH]ncc4c3)c3nc(N)ncc3Cl)cc2)CC1. The number of aromatic nitrogens is 4. The summed E-state index contributed by atoms with van der Waals surface area (Å²) in [7, 11) is 0. The van der Waals surface area contributed by atoms with Gasteiger partial charge in [0.25, 0.3) is 0 Å². The van der Waals surface area contributed by atoms with Crippen LogP contribution in [0.1, 0.15) is 6.92 Å². The summed E-state index contributed by atoms with van der Waals surface area (Å²) in [5.74, 6) is 0.704. The molecule has 8 nitrogen and oxygen atoms in total. The summed E-state index contributed by atoms with van der Waals surface area (Å²) in [4.78, 5) is 15.4. The number of likely N-dealkylation sites (N-methyl/N-ethyl adjacent to an activating group) is 1. The van der Waals surface area contributed by atoms with Gasteiger partial charge in [-0.15, -0.1) is 0 Å². The Morgan fingerprint density at radius 3 is 2.53 bits per heavy atom. The molecule has 4 aromatic rings. The van der Waals surface area contributed by atoms with E-state index in [1.54, 1.807) is 6.20 Å². The first kappa shape index (κ1) is 20.5. The van der Waals surface area contributed by atoms with Crippen LogP contribution in [-0.4, -0.2) is 57.8 Å². The fourth-order valence-corrected chi connectivity index (χ4v) is 4.30. The average molecular weight is 449 g/mol. The normalized spacial score (nSPS) is 14.8. The van der Waals surface area contributed by atoms with Crippen molar-refractivity contribution in [3.63, 3.8) is 0 Å². The van der Waals surface area contributed by atoms with Crippen molar-refractivity contribution < 1.29 is 0 Å². The minimum atomic E-state index is 0.171. The van der Waals surface area contributed by atoms with Gasteiger partial charge in [-0.25, -0.2) is 4.98 Å².